The number of carbonyl (C=O) groups excluding carboxylic acids is 1. The maximum absolute atomic E-state index is 12.8. The van der Waals surface area contributed by atoms with Gasteiger partial charge in [0.05, 0.1) is 17.9 Å². The minimum absolute atomic E-state index is 0.0282. The van der Waals surface area contributed by atoms with E-state index in [1.807, 2.05) is 0 Å². The number of anilines is 1. The molecule has 0 unspecified atom stereocenters. The summed E-state index contributed by atoms with van der Waals surface area (Å²) in [6, 6.07) is 13.4. The highest BCUT2D eigenvalue weighted by molar-refractivity contribution is 7.89. The molecule has 2 heterocycles. The number of nitrogens with zero attached hydrogens (tertiary/aromatic N) is 3. The van der Waals surface area contributed by atoms with Crippen molar-refractivity contribution < 1.29 is 13.2 Å². The SMILES string of the molecule is CN1Cc2c(C(=O)Nc3ccc(Cl)cc3)ncn2-c2ccccc2S1(=O)=O. The van der Waals surface area contributed by atoms with Crippen molar-refractivity contribution in [2.24, 2.45) is 0 Å². The largest absolute Gasteiger partial charge is 0.321 e. The van der Waals surface area contributed by atoms with Crippen LogP contribution in [0, 0.1) is 0 Å². The molecule has 1 aliphatic heterocycles. The third-order valence-electron chi connectivity index (χ3n) is 4.37. The van der Waals surface area contributed by atoms with E-state index in [0.29, 0.717) is 22.1 Å². The van der Waals surface area contributed by atoms with Gasteiger partial charge in [-0.2, -0.15) is 4.31 Å². The highest BCUT2D eigenvalue weighted by Crippen LogP contribution is 2.30. The third-order valence-corrected chi connectivity index (χ3v) is 6.47. The zero-order valence-electron chi connectivity index (χ0n) is 14.3. The Bertz CT molecular complexity index is 1140. The van der Waals surface area contributed by atoms with E-state index >= 15 is 0 Å². The van der Waals surface area contributed by atoms with E-state index in [4.69, 9.17) is 11.6 Å². The molecule has 2 aromatic carbocycles. The molecule has 138 valence electrons. The lowest BCUT2D eigenvalue weighted by Crippen LogP contribution is -2.26. The van der Waals surface area contributed by atoms with Gasteiger partial charge in [0.15, 0.2) is 5.69 Å². The number of halogens is 1. The van der Waals surface area contributed by atoms with Crippen LogP contribution in [0.2, 0.25) is 5.02 Å². The number of amides is 1. The van der Waals surface area contributed by atoms with E-state index in [9.17, 15) is 13.2 Å². The minimum atomic E-state index is -3.66. The molecule has 27 heavy (non-hydrogen) atoms. The number of carbonyl (C=O) groups is 1. The number of imidazole rings is 1. The number of para-hydroxylation sites is 1. The Balaban J connectivity index is 1.78. The Labute approximate surface area is 161 Å². The summed E-state index contributed by atoms with van der Waals surface area (Å²) in [7, 11) is -2.18. The van der Waals surface area contributed by atoms with Crippen molar-refractivity contribution in [2.45, 2.75) is 11.4 Å². The van der Waals surface area contributed by atoms with Gasteiger partial charge in [0.25, 0.3) is 5.91 Å². The monoisotopic (exact) mass is 402 g/mol. The van der Waals surface area contributed by atoms with Gasteiger partial charge in [-0.3, -0.25) is 9.36 Å². The number of sulfonamides is 1. The summed E-state index contributed by atoms with van der Waals surface area (Å²) in [6.07, 6.45) is 1.47. The first-order chi connectivity index (χ1) is 12.9. The third kappa shape index (κ3) is 3.01. The fourth-order valence-electron chi connectivity index (χ4n) is 2.98. The van der Waals surface area contributed by atoms with Gasteiger partial charge in [0, 0.05) is 17.8 Å². The molecule has 7 nitrogen and oxygen atoms in total. The molecule has 0 atom stereocenters. The van der Waals surface area contributed by atoms with Crippen molar-refractivity contribution in [1.82, 2.24) is 13.9 Å². The summed E-state index contributed by atoms with van der Waals surface area (Å²) in [5.41, 5.74) is 1.71. The molecule has 0 aliphatic carbocycles. The van der Waals surface area contributed by atoms with Crippen molar-refractivity contribution >= 4 is 33.2 Å². The minimum Gasteiger partial charge on any atom is -0.321 e. The second-order valence-corrected chi connectivity index (χ2v) is 8.55. The maximum Gasteiger partial charge on any atom is 0.276 e. The van der Waals surface area contributed by atoms with Crippen LogP contribution < -0.4 is 5.32 Å². The Kier molecular flexibility index (Phi) is 4.26. The van der Waals surface area contributed by atoms with E-state index in [0.717, 1.165) is 0 Å². The average molecular weight is 403 g/mol. The molecule has 9 heteroatoms. The number of fused-ring (bicyclic) bond motifs is 3. The van der Waals surface area contributed by atoms with Crippen molar-refractivity contribution in [2.75, 3.05) is 12.4 Å². The Hall–Kier alpha value is -2.68. The van der Waals surface area contributed by atoms with Crippen LogP contribution in [0.25, 0.3) is 5.69 Å². The van der Waals surface area contributed by atoms with Gasteiger partial charge in [-0.05, 0) is 36.4 Å². The van der Waals surface area contributed by atoms with E-state index in [1.54, 1.807) is 53.1 Å². The molecule has 1 aromatic heterocycles. The molecule has 0 bridgehead atoms. The Morgan fingerprint density at radius 3 is 2.59 bits per heavy atom. The quantitative estimate of drug-likeness (QED) is 0.714. The van der Waals surface area contributed by atoms with Gasteiger partial charge in [0.1, 0.15) is 11.2 Å². The number of hydrogen-bond donors (Lipinski definition) is 1. The predicted molar refractivity (Wildman–Crippen MR) is 102 cm³/mol. The van der Waals surface area contributed by atoms with Gasteiger partial charge in [-0.25, -0.2) is 13.4 Å². The first-order valence-corrected chi connectivity index (χ1v) is 9.88. The van der Waals surface area contributed by atoms with Crippen LogP contribution in [0.1, 0.15) is 16.2 Å². The van der Waals surface area contributed by atoms with Crippen molar-refractivity contribution in [1.29, 1.82) is 0 Å². The molecule has 0 saturated heterocycles. The zero-order chi connectivity index (χ0) is 19.2. The van der Waals surface area contributed by atoms with Crippen molar-refractivity contribution in [3.05, 3.63) is 71.3 Å². The normalized spacial score (nSPS) is 15.5. The lowest BCUT2D eigenvalue weighted by molar-refractivity contribution is 0.102. The second kappa shape index (κ2) is 6.49. The standard InChI is InChI=1S/C18H15ClN4O3S/c1-22-10-15-17(18(24)21-13-8-6-12(19)7-9-13)20-11-23(15)14-4-2-3-5-16(14)27(22,25)26/h2-9,11H,10H2,1H3,(H,21,24). The number of hydrogen-bond acceptors (Lipinski definition) is 4. The maximum atomic E-state index is 12.8. The summed E-state index contributed by atoms with van der Waals surface area (Å²) in [4.78, 5) is 17.1. The van der Waals surface area contributed by atoms with Crippen LogP contribution in [0.5, 0.6) is 0 Å². The second-order valence-electron chi connectivity index (χ2n) is 6.10. The summed E-state index contributed by atoms with van der Waals surface area (Å²) in [6.45, 7) is 0.0282. The Morgan fingerprint density at radius 1 is 1.15 bits per heavy atom. The first-order valence-electron chi connectivity index (χ1n) is 8.07. The lowest BCUT2D eigenvalue weighted by Gasteiger charge is -2.14. The number of rotatable bonds is 2. The van der Waals surface area contributed by atoms with Crippen molar-refractivity contribution in [3.8, 4) is 5.69 Å². The number of nitrogens with one attached hydrogen (secondary N) is 1. The highest BCUT2D eigenvalue weighted by atomic mass is 35.5. The summed E-state index contributed by atoms with van der Waals surface area (Å²) < 4.78 is 28.4. The molecule has 0 spiro atoms. The summed E-state index contributed by atoms with van der Waals surface area (Å²) in [5, 5.41) is 3.32. The molecule has 1 amide bonds. The first kappa shape index (κ1) is 17.7. The smallest absolute Gasteiger partial charge is 0.276 e. The molecular weight excluding hydrogens is 388 g/mol. The molecule has 0 fully saturated rings. The number of benzene rings is 2. The molecule has 0 saturated carbocycles. The van der Waals surface area contributed by atoms with E-state index in [1.165, 1.54) is 17.7 Å². The molecule has 3 aromatic rings. The predicted octanol–water partition coefficient (Wildman–Crippen LogP) is 2.91. The van der Waals surface area contributed by atoms with Crippen LogP contribution in [0.15, 0.2) is 59.8 Å². The molecule has 4 rings (SSSR count). The van der Waals surface area contributed by atoms with E-state index < -0.39 is 15.9 Å². The molecule has 1 N–H and O–H groups in total. The van der Waals surface area contributed by atoms with Gasteiger partial charge in [-0.15, -0.1) is 0 Å². The fourth-order valence-corrected chi connectivity index (χ4v) is 4.42. The average Bonchev–Trinajstić information content (AvgIpc) is 3.04. The highest BCUT2D eigenvalue weighted by Gasteiger charge is 2.32. The fraction of sp³-hybridized carbons (Fsp3) is 0.111. The van der Waals surface area contributed by atoms with E-state index in [-0.39, 0.29) is 17.1 Å². The van der Waals surface area contributed by atoms with E-state index in [2.05, 4.69) is 10.3 Å². The number of aromatic nitrogens is 2. The van der Waals surface area contributed by atoms with Crippen LogP contribution in [0.3, 0.4) is 0 Å². The topological polar surface area (TPSA) is 84.3 Å². The van der Waals surface area contributed by atoms with Crippen LogP contribution in [-0.4, -0.2) is 35.2 Å². The van der Waals surface area contributed by atoms with Crippen LogP contribution in [-0.2, 0) is 16.6 Å². The van der Waals surface area contributed by atoms with Crippen LogP contribution in [0.4, 0.5) is 5.69 Å². The molecule has 1 aliphatic rings. The molecular formula is C18H15ClN4O3S. The van der Waals surface area contributed by atoms with Gasteiger partial charge < -0.3 is 5.32 Å². The summed E-state index contributed by atoms with van der Waals surface area (Å²) in [5.74, 6) is -0.420. The Morgan fingerprint density at radius 2 is 1.85 bits per heavy atom. The van der Waals surface area contributed by atoms with Gasteiger partial charge in [-0.1, -0.05) is 23.7 Å². The van der Waals surface area contributed by atoms with Gasteiger partial charge in [0.2, 0.25) is 10.0 Å². The van der Waals surface area contributed by atoms with Crippen molar-refractivity contribution in [3.63, 3.8) is 0 Å². The zero-order valence-corrected chi connectivity index (χ0v) is 15.8. The van der Waals surface area contributed by atoms with Crippen LogP contribution >= 0.6 is 11.6 Å². The summed E-state index contributed by atoms with van der Waals surface area (Å²) >= 11 is 5.86. The molecule has 0 radical (unpaired) electrons. The van der Waals surface area contributed by atoms with Gasteiger partial charge >= 0.3 is 0 Å². The lowest BCUT2D eigenvalue weighted by atomic mass is 10.2.